The molecule has 28 heavy (non-hydrogen) atoms. The zero-order chi connectivity index (χ0) is 19.2. The van der Waals surface area contributed by atoms with Gasteiger partial charge in [-0.2, -0.15) is 0 Å². The van der Waals surface area contributed by atoms with Crippen molar-refractivity contribution in [3.63, 3.8) is 0 Å². The van der Waals surface area contributed by atoms with E-state index >= 15 is 0 Å². The van der Waals surface area contributed by atoms with Gasteiger partial charge in [-0.25, -0.2) is 4.79 Å². The Kier molecular flexibility index (Phi) is 5.69. The van der Waals surface area contributed by atoms with Crippen LogP contribution in [-0.4, -0.2) is 24.8 Å². The van der Waals surface area contributed by atoms with E-state index in [1.807, 2.05) is 42.5 Å². The van der Waals surface area contributed by atoms with E-state index in [0.29, 0.717) is 6.54 Å². The number of amides is 1. The van der Waals surface area contributed by atoms with Gasteiger partial charge in [0, 0.05) is 30.6 Å². The first kappa shape index (κ1) is 18.3. The van der Waals surface area contributed by atoms with Crippen LogP contribution < -0.4 is 10.6 Å². The van der Waals surface area contributed by atoms with Crippen LogP contribution in [0.15, 0.2) is 91.0 Å². The molecule has 1 amide bonds. The Labute approximate surface area is 165 Å². The number of nitrogens with one attached hydrogen (secondary N) is 2. The Balaban J connectivity index is 1.44. The molecule has 0 aliphatic carbocycles. The third-order valence-corrected chi connectivity index (χ3v) is 5.14. The van der Waals surface area contributed by atoms with E-state index < -0.39 is 6.09 Å². The average molecular weight is 372 g/mol. The standard InChI is InChI=1S/C24H24N2O2/c27-24(26-20-14-8-3-9-15-20)28-21-16-22(25-17-21)23(18-10-4-1-5-11-18)19-12-6-2-7-13-19/h1-15,21-23,25H,16-17H2,(H,26,27)/t21-,22-/m1/s1. The van der Waals surface area contributed by atoms with Crippen molar-refractivity contribution < 1.29 is 9.53 Å². The van der Waals surface area contributed by atoms with Crippen LogP contribution in [0.3, 0.4) is 0 Å². The van der Waals surface area contributed by atoms with Gasteiger partial charge in [0.05, 0.1) is 0 Å². The lowest BCUT2D eigenvalue weighted by Crippen LogP contribution is -2.29. The zero-order valence-electron chi connectivity index (χ0n) is 15.6. The lowest BCUT2D eigenvalue weighted by Gasteiger charge is -2.25. The highest BCUT2D eigenvalue weighted by Crippen LogP contribution is 2.32. The predicted octanol–water partition coefficient (Wildman–Crippen LogP) is 4.80. The number of carbonyl (C=O) groups is 1. The smallest absolute Gasteiger partial charge is 0.411 e. The molecule has 4 heteroatoms. The van der Waals surface area contributed by atoms with Gasteiger partial charge in [0.25, 0.3) is 0 Å². The Morgan fingerprint density at radius 1 is 0.857 bits per heavy atom. The van der Waals surface area contributed by atoms with Crippen molar-refractivity contribution in [3.05, 3.63) is 102 Å². The van der Waals surface area contributed by atoms with E-state index in [1.54, 1.807) is 0 Å². The van der Waals surface area contributed by atoms with Crippen LogP contribution >= 0.6 is 0 Å². The maximum atomic E-state index is 12.2. The topological polar surface area (TPSA) is 50.4 Å². The van der Waals surface area contributed by atoms with Crippen molar-refractivity contribution in [3.8, 4) is 0 Å². The number of anilines is 1. The van der Waals surface area contributed by atoms with E-state index in [1.165, 1.54) is 11.1 Å². The fraction of sp³-hybridized carbons (Fsp3) is 0.208. The number of benzene rings is 3. The molecule has 0 aromatic heterocycles. The number of carbonyl (C=O) groups excluding carboxylic acids is 1. The van der Waals surface area contributed by atoms with Gasteiger partial charge >= 0.3 is 6.09 Å². The summed E-state index contributed by atoms with van der Waals surface area (Å²) in [5, 5.41) is 6.36. The van der Waals surface area contributed by atoms with Crippen molar-refractivity contribution >= 4 is 11.8 Å². The highest BCUT2D eigenvalue weighted by atomic mass is 16.6. The Morgan fingerprint density at radius 2 is 1.39 bits per heavy atom. The summed E-state index contributed by atoms with van der Waals surface area (Å²) in [4.78, 5) is 12.2. The molecule has 2 atom stereocenters. The highest BCUT2D eigenvalue weighted by Gasteiger charge is 2.34. The summed E-state index contributed by atoms with van der Waals surface area (Å²) in [7, 11) is 0. The van der Waals surface area contributed by atoms with Crippen LogP contribution in [0.5, 0.6) is 0 Å². The van der Waals surface area contributed by atoms with E-state index in [-0.39, 0.29) is 18.1 Å². The van der Waals surface area contributed by atoms with Gasteiger partial charge in [-0.1, -0.05) is 78.9 Å². The molecule has 1 aliphatic rings. The summed E-state index contributed by atoms with van der Waals surface area (Å²) in [5.74, 6) is 0.216. The molecule has 1 aliphatic heterocycles. The number of rotatable bonds is 5. The Morgan fingerprint density at radius 3 is 1.96 bits per heavy atom. The van der Waals surface area contributed by atoms with Gasteiger partial charge in [0.1, 0.15) is 6.10 Å². The fourth-order valence-corrected chi connectivity index (χ4v) is 3.87. The van der Waals surface area contributed by atoms with Crippen LogP contribution in [0.2, 0.25) is 0 Å². The summed E-state index contributed by atoms with van der Waals surface area (Å²) in [6.07, 6.45) is 0.217. The molecule has 2 N–H and O–H groups in total. The summed E-state index contributed by atoms with van der Waals surface area (Å²) in [6.45, 7) is 0.656. The normalized spacial score (nSPS) is 18.8. The molecule has 3 aromatic rings. The molecule has 0 radical (unpaired) electrons. The van der Waals surface area contributed by atoms with E-state index in [0.717, 1.165) is 12.1 Å². The molecular weight excluding hydrogens is 348 g/mol. The molecule has 0 spiro atoms. The molecule has 0 bridgehead atoms. The van der Waals surface area contributed by atoms with Gasteiger partial charge in [-0.15, -0.1) is 0 Å². The summed E-state index contributed by atoms with van der Waals surface area (Å²) in [6, 6.07) is 30.6. The van der Waals surface area contributed by atoms with E-state index in [9.17, 15) is 4.79 Å². The van der Waals surface area contributed by atoms with Crippen LogP contribution in [0.4, 0.5) is 10.5 Å². The van der Waals surface area contributed by atoms with Gasteiger partial charge in [-0.3, -0.25) is 5.32 Å². The second-order valence-electron chi connectivity index (χ2n) is 7.07. The van der Waals surface area contributed by atoms with Crippen molar-refractivity contribution in [1.82, 2.24) is 5.32 Å². The highest BCUT2D eigenvalue weighted by molar-refractivity contribution is 5.84. The molecule has 0 unspecified atom stereocenters. The minimum atomic E-state index is -0.408. The first-order valence-corrected chi connectivity index (χ1v) is 9.65. The molecule has 1 fully saturated rings. The van der Waals surface area contributed by atoms with Gasteiger partial charge in [0.15, 0.2) is 0 Å². The zero-order valence-corrected chi connectivity index (χ0v) is 15.6. The second kappa shape index (κ2) is 8.72. The molecule has 0 saturated carbocycles. The molecule has 4 rings (SSSR count). The Hall–Kier alpha value is -3.11. The lowest BCUT2D eigenvalue weighted by atomic mass is 9.84. The molecule has 3 aromatic carbocycles. The quantitative estimate of drug-likeness (QED) is 0.676. The molecule has 142 valence electrons. The summed E-state index contributed by atoms with van der Waals surface area (Å²) in [5.41, 5.74) is 3.27. The van der Waals surface area contributed by atoms with E-state index in [2.05, 4.69) is 59.2 Å². The Bertz CT molecular complexity index is 845. The molecule has 4 nitrogen and oxygen atoms in total. The third kappa shape index (κ3) is 4.41. The first-order chi connectivity index (χ1) is 13.8. The average Bonchev–Trinajstić information content (AvgIpc) is 3.18. The van der Waals surface area contributed by atoms with Crippen LogP contribution in [-0.2, 0) is 4.74 Å². The number of ether oxygens (including phenoxy) is 1. The monoisotopic (exact) mass is 372 g/mol. The fourth-order valence-electron chi connectivity index (χ4n) is 3.87. The van der Waals surface area contributed by atoms with E-state index in [4.69, 9.17) is 4.74 Å². The number of hydrogen-bond acceptors (Lipinski definition) is 3. The number of para-hydroxylation sites is 1. The summed E-state index contributed by atoms with van der Waals surface area (Å²) >= 11 is 0. The molecular formula is C24H24N2O2. The largest absolute Gasteiger partial charge is 0.445 e. The summed E-state index contributed by atoms with van der Waals surface area (Å²) < 4.78 is 5.65. The second-order valence-corrected chi connectivity index (χ2v) is 7.07. The van der Waals surface area contributed by atoms with Gasteiger partial charge in [0.2, 0.25) is 0 Å². The van der Waals surface area contributed by atoms with Crippen molar-refractivity contribution in [2.75, 3.05) is 11.9 Å². The maximum absolute atomic E-state index is 12.2. The minimum Gasteiger partial charge on any atom is -0.445 e. The van der Waals surface area contributed by atoms with Crippen molar-refractivity contribution in [1.29, 1.82) is 0 Å². The third-order valence-electron chi connectivity index (χ3n) is 5.14. The first-order valence-electron chi connectivity index (χ1n) is 9.65. The van der Waals surface area contributed by atoms with Gasteiger partial charge in [-0.05, 0) is 23.3 Å². The maximum Gasteiger partial charge on any atom is 0.411 e. The predicted molar refractivity (Wildman–Crippen MR) is 111 cm³/mol. The SMILES string of the molecule is O=C(Nc1ccccc1)O[C@H]1CN[C@@H](C(c2ccccc2)c2ccccc2)C1. The minimum absolute atomic E-state index is 0.149. The van der Waals surface area contributed by atoms with Crippen LogP contribution in [0.1, 0.15) is 23.5 Å². The van der Waals surface area contributed by atoms with Crippen molar-refractivity contribution in [2.24, 2.45) is 0 Å². The lowest BCUT2D eigenvalue weighted by molar-refractivity contribution is 0.119. The molecule has 1 saturated heterocycles. The molecule has 1 heterocycles. The van der Waals surface area contributed by atoms with Crippen molar-refractivity contribution in [2.45, 2.75) is 24.5 Å². The number of hydrogen-bond donors (Lipinski definition) is 2. The van der Waals surface area contributed by atoms with Crippen LogP contribution in [0, 0.1) is 0 Å². The van der Waals surface area contributed by atoms with Crippen LogP contribution in [0.25, 0.3) is 0 Å². The van der Waals surface area contributed by atoms with Gasteiger partial charge < -0.3 is 10.1 Å².